The molecular weight excluding hydrogens is 394 g/mol. The van der Waals surface area contributed by atoms with Gasteiger partial charge in [0, 0.05) is 0 Å². The van der Waals surface area contributed by atoms with Gasteiger partial charge in [-0.3, -0.25) is 9.59 Å². The standard InChI is InChI=1S/C21H22ClN3O2S/c1-14(16-9-7-15(13-23)8-10-16)24-21(27)19(11-12-28-2)25-20(26)17-5-3-4-6-18(17)22/h3-10,14,19H,11-12H2,1-2H3,(H,24,27)(H,25,26). The van der Waals surface area contributed by atoms with Gasteiger partial charge in [-0.05, 0) is 55.2 Å². The molecule has 2 N–H and O–H groups in total. The highest BCUT2D eigenvalue weighted by molar-refractivity contribution is 7.98. The average Bonchev–Trinajstić information content (AvgIpc) is 2.71. The lowest BCUT2D eigenvalue weighted by atomic mass is 10.1. The van der Waals surface area contributed by atoms with Crippen LogP contribution < -0.4 is 10.6 Å². The van der Waals surface area contributed by atoms with Gasteiger partial charge in [0.15, 0.2) is 0 Å². The van der Waals surface area contributed by atoms with Crippen molar-refractivity contribution in [1.29, 1.82) is 5.26 Å². The lowest BCUT2D eigenvalue weighted by Crippen LogP contribution is -2.47. The minimum atomic E-state index is -0.669. The van der Waals surface area contributed by atoms with Crippen molar-refractivity contribution in [1.82, 2.24) is 10.6 Å². The number of nitriles is 1. The van der Waals surface area contributed by atoms with Gasteiger partial charge in [-0.2, -0.15) is 17.0 Å². The summed E-state index contributed by atoms with van der Waals surface area (Å²) in [4.78, 5) is 25.3. The van der Waals surface area contributed by atoms with E-state index in [9.17, 15) is 9.59 Å². The van der Waals surface area contributed by atoms with Crippen LogP contribution in [-0.2, 0) is 4.79 Å². The predicted molar refractivity (Wildman–Crippen MR) is 113 cm³/mol. The fraction of sp³-hybridized carbons (Fsp3) is 0.286. The van der Waals surface area contributed by atoms with E-state index in [1.54, 1.807) is 48.2 Å². The van der Waals surface area contributed by atoms with Gasteiger partial charge in [0.2, 0.25) is 5.91 Å². The van der Waals surface area contributed by atoms with Gasteiger partial charge in [0.25, 0.3) is 5.91 Å². The molecule has 2 amide bonds. The lowest BCUT2D eigenvalue weighted by molar-refractivity contribution is -0.123. The van der Waals surface area contributed by atoms with Crippen LogP contribution in [0.2, 0.25) is 5.02 Å². The zero-order chi connectivity index (χ0) is 20.5. The van der Waals surface area contributed by atoms with E-state index in [4.69, 9.17) is 16.9 Å². The smallest absolute Gasteiger partial charge is 0.253 e. The van der Waals surface area contributed by atoms with E-state index in [0.717, 1.165) is 11.3 Å². The summed E-state index contributed by atoms with van der Waals surface area (Å²) in [7, 11) is 0. The Morgan fingerprint density at radius 1 is 1.14 bits per heavy atom. The summed E-state index contributed by atoms with van der Waals surface area (Å²) in [6, 6.07) is 14.9. The third-order valence-corrected chi connectivity index (χ3v) is 5.22. The van der Waals surface area contributed by atoms with Crippen molar-refractivity contribution in [2.24, 2.45) is 0 Å². The van der Waals surface area contributed by atoms with Crippen molar-refractivity contribution < 1.29 is 9.59 Å². The van der Waals surface area contributed by atoms with Gasteiger partial charge in [0.1, 0.15) is 6.04 Å². The number of benzene rings is 2. The number of amides is 2. The molecule has 2 unspecified atom stereocenters. The Morgan fingerprint density at radius 3 is 2.43 bits per heavy atom. The van der Waals surface area contributed by atoms with E-state index in [1.165, 1.54) is 0 Å². The molecule has 2 aromatic carbocycles. The first-order valence-corrected chi connectivity index (χ1v) is 10.6. The van der Waals surface area contributed by atoms with E-state index >= 15 is 0 Å². The Labute approximate surface area is 174 Å². The molecule has 0 saturated carbocycles. The molecule has 0 aromatic heterocycles. The number of hydrogen-bond donors (Lipinski definition) is 2. The highest BCUT2D eigenvalue weighted by atomic mass is 35.5. The number of carbonyl (C=O) groups is 2. The molecule has 2 rings (SSSR count). The highest BCUT2D eigenvalue weighted by Crippen LogP contribution is 2.16. The highest BCUT2D eigenvalue weighted by Gasteiger charge is 2.23. The second-order valence-electron chi connectivity index (χ2n) is 6.25. The van der Waals surface area contributed by atoms with E-state index < -0.39 is 6.04 Å². The van der Waals surface area contributed by atoms with E-state index in [1.807, 2.05) is 25.3 Å². The molecule has 0 heterocycles. The largest absolute Gasteiger partial charge is 0.348 e. The zero-order valence-corrected chi connectivity index (χ0v) is 17.3. The summed E-state index contributed by atoms with van der Waals surface area (Å²) in [5, 5.41) is 15.0. The predicted octanol–water partition coefficient (Wildman–Crippen LogP) is 3.94. The molecule has 0 fully saturated rings. The van der Waals surface area contributed by atoms with Crippen molar-refractivity contribution in [3.05, 3.63) is 70.2 Å². The van der Waals surface area contributed by atoms with Crippen LogP contribution in [0.15, 0.2) is 48.5 Å². The summed E-state index contributed by atoms with van der Waals surface area (Å²) in [6.07, 6.45) is 2.45. The minimum Gasteiger partial charge on any atom is -0.348 e. The number of carbonyl (C=O) groups excluding carboxylic acids is 2. The van der Waals surface area contributed by atoms with Crippen molar-refractivity contribution >= 4 is 35.2 Å². The van der Waals surface area contributed by atoms with Gasteiger partial charge < -0.3 is 10.6 Å². The van der Waals surface area contributed by atoms with Gasteiger partial charge in [-0.25, -0.2) is 0 Å². The molecule has 0 aliphatic heterocycles. The molecule has 0 bridgehead atoms. The molecule has 0 aliphatic carbocycles. The van der Waals surface area contributed by atoms with Crippen LogP contribution >= 0.6 is 23.4 Å². The summed E-state index contributed by atoms with van der Waals surface area (Å²) >= 11 is 7.69. The van der Waals surface area contributed by atoms with Crippen LogP contribution in [0.1, 0.15) is 40.9 Å². The Morgan fingerprint density at radius 2 is 1.82 bits per heavy atom. The third kappa shape index (κ3) is 6.01. The van der Waals surface area contributed by atoms with E-state index in [-0.39, 0.29) is 17.9 Å². The number of rotatable bonds is 8. The molecule has 0 radical (unpaired) electrons. The molecular formula is C21H22ClN3O2S. The summed E-state index contributed by atoms with van der Waals surface area (Å²) < 4.78 is 0. The molecule has 146 valence electrons. The number of nitrogens with zero attached hydrogens (tertiary/aromatic N) is 1. The summed E-state index contributed by atoms with van der Waals surface area (Å²) in [6.45, 7) is 1.86. The normalized spacial score (nSPS) is 12.5. The van der Waals surface area contributed by atoms with Crippen LogP contribution in [0.5, 0.6) is 0 Å². The number of nitrogens with one attached hydrogen (secondary N) is 2. The van der Waals surface area contributed by atoms with Gasteiger partial charge in [-0.1, -0.05) is 35.9 Å². The first kappa shape index (κ1) is 21.8. The van der Waals surface area contributed by atoms with Crippen molar-refractivity contribution in [2.75, 3.05) is 12.0 Å². The monoisotopic (exact) mass is 415 g/mol. The first-order valence-electron chi connectivity index (χ1n) is 8.81. The fourth-order valence-electron chi connectivity index (χ4n) is 2.63. The SMILES string of the molecule is CSCCC(NC(=O)c1ccccc1Cl)C(=O)NC(C)c1ccc(C#N)cc1. The minimum absolute atomic E-state index is 0.255. The summed E-state index contributed by atoms with van der Waals surface area (Å²) in [5.41, 5.74) is 1.78. The van der Waals surface area contributed by atoms with Crippen LogP contribution in [-0.4, -0.2) is 29.9 Å². The Bertz CT molecular complexity index is 865. The Hall–Kier alpha value is -2.49. The maximum atomic E-state index is 12.8. The van der Waals surface area contributed by atoms with Gasteiger partial charge in [-0.15, -0.1) is 0 Å². The van der Waals surface area contributed by atoms with Crippen molar-refractivity contribution in [2.45, 2.75) is 25.4 Å². The molecule has 2 aromatic rings. The fourth-order valence-corrected chi connectivity index (χ4v) is 3.32. The van der Waals surface area contributed by atoms with E-state index in [2.05, 4.69) is 16.7 Å². The topological polar surface area (TPSA) is 82.0 Å². The Kier molecular flexibility index (Phi) is 8.37. The second-order valence-corrected chi connectivity index (χ2v) is 7.64. The average molecular weight is 416 g/mol. The quantitative estimate of drug-likeness (QED) is 0.684. The molecule has 28 heavy (non-hydrogen) atoms. The lowest BCUT2D eigenvalue weighted by Gasteiger charge is -2.22. The van der Waals surface area contributed by atoms with Crippen molar-refractivity contribution in [3.63, 3.8) is 0 Å². The first-order chi connectivity index (χ1) is 13.5. The second kappa shape index (κ2) is 10.7. The van der Waals surface area contributed by atoms with Gasteiger partial charge in [0.05, 0.1) is 28.3 Å². The molecule has 0 spiro atoms. The van der Waals surface area contributed by atoms with E-state index in [0.29, 0.717) is 22.6 Å². The maximum Gasteiger partial charge on any atom is 0.253 e. The molecule has 2 atom stereocenters. The van der Waals surface area contributed by atoms with Crippen LogP contribution in [0, 0.1) is 11.3 Å². The molecule has 0 saturated heterocycles. The number of halogens is 1. The maximum absolute atomic E-state index is 12.8. The van der Waals surface area contributed by atoms with Crippen LogP contribution in [0.25, 0.3) is 0 Å². The van der Waals surface area contributed by atoms with Crippen LogP contribution in [0.3, 0.4) is 0 Å². The zero-order valence-electron chi connectivity index (χ0n) is 15.7. The van der Waals surface area contributed by atoms with Crippen LogP contribution in [0.4, 0.5) is 0 Å². The van der Waals surface area contributed by atoms with Gasteiger partial charge >= 0.3 is 0 Å². The molecule has 0 aliphatic rings. The third-order valence-electron chi connectivity index (χ3n) is 4.25. The number of hydrogen-bond acceptors (Lipinski definition) is 4. The molecule has 5 nitrogen and oxygen atoms in total. The molecule has 7 heteroatoms. The number of thioether (sulfide) groups is 1. The summed E-state index contributed by atoms with van der Waals surface area (Å²) in [5.74, 6) is 0.0933. The Balaban J connectivity index is 2.08. The van der Waals surface area contributed by atoms with Crippen molar-refractivity contribution in [3.8, 4) is 6.07 Å².